The zero-order valence-electron chi connectivity index (χ0n) is 28.0. The van der Waals surface area contributed by atoms with E-state index in [9.17, 15) is 10.2 Å². The van der Waals surface area contributed by atoms with Crippen LogP contribution < -0.4 is 0 Å². The van der Waals surface area contributed by atoms with Crippen molar-refractivity contribution < 1.29 is 24.4 Å². The van der Waals surface area contributed by atoms with Gasteiger partial charge in [0.05, 0.1) is 13.2 Å². The van der Waals surface area contributed by atoms with Gasteiger partial charge in [-0.3, -0.25) is 0 Å². The van der Waals surface area contributed by atoms with Gasteiger partial charge in [0.15, 0.2) is 22.3 Å². The van der Waals surface area contributed by atoms with Gasteiger partial charge < -0.3 is 24.4 Å². The monoisotopic (exact) mass is 644 g/mol. The molecule has 0 aromatic rings. The Labute approximate surface area is 276 Å². The van der Waals surface area contributed by atoms with Crippen molar-refractivity contribution in [2.45, 2.75) is 205 Å². The first-order chi connectivity index (χ1) is 21.0. The summed E-state index contributed by atoms with van der Waals surface area (Å²) in [6.45, 7) is 4.42. The molecule has 5 nitrogen and oxygen atoms in total. The maximum absolute atomic E-state index is 10.5. The predicted molar refractivity (Wildman–Crippen MR) is 189 cm³/mol. The molecular formula is C36H68O5S2. The van der Waals surface area contributed by atoms with E-state index in [0.717, 1.165) is 25.7 Å². The molecule has 1 heterocycles. The summed E-state index contributed by atoms with van der Waals surface area (Å²) in [7, 11) is 0. The molecular weight excluding hydrogens is 577 g/mol. The van der Waals surface area contributed by atoms with Crippen molar-refractivity contribution in [2.75, 3.05) is 13.2 Å². The van der Waals surface area contributed by atoms with E-state index < -0.39 is 24.4 Å². The molecule has 1 aliphatic rings. The third-order valence-electron chi connectivity index (χ3n) is 8.73. The molecule has 0 spiro atoms. The van der Waals surface area contributed by atoms with Crippen LogP contribution in [-0.2, 0) is 14.2 Å². The second kappa shape index (κ2) is 29.1. The first kappa shape index (κ1) is 40.7. The maximum atomic E-state index is 10.5. The molecule has 0 radical (unpaired) electrons. The Kier molecular flexibility index (Phi) is 27.5. The number of ether oxygens (including phenoxy) is 3. The van der Waals surface area contributed by atoms with Gasteiger partial charge in [0.1, 0.15) is 12.2 Å². The summed E-state index contributed by atoms with van der Waals surface area (Å²) in [5.74, 6) is 0. The van der Waals surface area contributed by atoms with Crippen LogP contribution in [0.3, 0.4) is 0 Å². The van der Waals surface area contributed by atoms with Crippen LogP contribution in [0.5, 0.6) is 0 Å². The van der Waals surface area contributed by atoms with E-state index in [1.165, 1.54) is 128 Å². The molecule has 0 amide bonds. The number of thiocarbonyl (C=S) groups is 2. The van der Waals surface area contributed by atoms with Gasteiger partial charge >= 0.3 is 0 Å². The summed E-state index contributed by atoms with van der Waals surface area (Å²) in [6, 6.07) is 0. The Balaban J connectivity index is 2.15. The molecule has 1 aliphatic heterocycles. The van der Waals surface area contributed by atoms with Crippen LogP contribution in [0.2, 0.25) is 0 Å². The fourth-order valence-corrected chi connectivity index (χ4v) is 6.47. The molecule has 0 aromatic carbocycles. The molecule has 0 saturated carbocycles. The van der Waals surface area contributed by atoms with Gasteiger partial charge in [-0.1, -0.05) is 155 Å². The van der Waals surface area contributed by atoms with Crippen LogP contribution in [0, 0.1) is 0 Å². The Bertz CT molecular complexity index is 662. The third kappa shape index (κ3) is 21.9. The Hall–Kier alpha value is -0.340. The van der Waals surface area contributed by atoms with E-state index >= 15 is 0 Å². The fraction of sp³-hybridized carbons (Fsp3) is 0.944. The second-order valence-corrected chi connectivity index (χ2v) is 13.7. The van der Waals surface area contributed by atoms with Gasteiger partial charge in [-0.2, -0.15) is 0 Å². The van der Waals surface area contributed by atoms with Crippen molar-refractivity contribution in [3.8, 4) is 0 Å². The lowest BCUT2D eigenvalue weighted by atomic mass is 10.0. The van der Waals surface area contributed by atoms with Crippen LogP contribution in [0.4, 0.5) is 0 Å². The average molecular weight is 645 g/mol. The summed E-state index contributed by atoms with van der Waals surface area (Å²) in [6.07, 6.45) is 29.8. The summed E-state index contributed by atoms with van der Waals surface area (Å²) >= 11 is 11.0. The summed E-state index contributed by atoms with van der Waals surface area (Å²) in [5.41, 5.74) is 0. The minimum absolute atomic E-state index is 0.141. The standard InChI is InChI=1S/C36H68O5S2/c1-3-5-7-9-11-13-15-17-19-21-23-25-27-33(42)40-32(29-37)36-35(31(38)30-39-36)41-34(43)28-26-24-22-20-18-16-14-12-10-8-6-4-2/h31-32,35-38H,3-30H2,1-2H3/t31-,32+,35-,36-/m0/s1. The minimum atomic E-state index is -0.799. The molecule has 0 bridgehead atoms. The fourth-order valence-electron chi connectivity index (χ4n) is 5.95. The molecule has 4 atom stereocenters. The number of aliphatic hydroxyl groups excluding tert-OH is 2. The van der Waals surface area contributed by atoms with E-state index in [1.54, 1.807) is 0 Å². The van der Waals surface area contributed by atoms with Crippen LogP contribution in [0.15, 0.2) is 0 Å². The normalized spacial score (nSPS) is 19.0. The Morgan fingerprint density at radius 1 is 0.628 bits per heavy atom. The highest BCUT2D eigenvalue weighted by molar-refractivity contribution is 7.80. The van der Waals surface area contributed by atoms with Crippen LogP contribution in [0.1, 0.15) is 181 Å². The summed E-state index contributed by atoms with van der Waals surface area (Å²) < 4.78 is 17.7. The Morgan fingerprint density at radius 2 is 1.00 bits per heavy atom. The van der Waals surface area contributed by atoms with E-state index in [4.69, 9.17) is 38.6 Å². The number of aliphatic hydroxyl groups is 2. The van der Waals surface area contributed by atoms with Gasteiger partial charge in [0.25, 0.3) is 0 Å². The number of rotatable bonds is 30. The molecule has 2 N–H and O–H groups in total. The van der Waals surface area contributed by atoms with Gasteiger partial charge in [-0.15, -0.1) is 0 Å². The smallest absolute Gasteiger partial charge is 0.160 e. The average Bonchev–Trinajstić information content (AvgIpc) is 3.36. The van der Waals surface area contributed by atoms with Crippen molar-refractivity contribution in [2.24, 2.45) is 0 Å². The van der Waals surface area contributed by atoms with Crippen LogP contribution in [-0.4, -0.2) is 57.9 Å². The van der Waals surface area contributed by atoms with Gasteiger partial charge in [-0.25, -0.2) is 0 Å². The molecule has 254 valence electrons. The Morgan fingerprint density at radius 3 is 1.40 bits per heavy atom. The van der Waals surface area contributed by atoms with Crippen LogP contribution >= 0.6 is 24.4 Å². The first-order valence-corrected chi connectivity index (χ1v) is 19.1. The van der Waals surface area contributed by atoms with Crippen molar-refractivity contribution in [1.29, 1.82) is 0 Å². The molecule has 0 aliphatic carbocycles. The zero-order valence-corrected chi connectivity index (χ0v) is 29.7. The molecule has 0 unspecified atom stereocenters. The van der Waals surface area contributed by atoms with E-state index in [-0.39, 0.29) is 13.2 Å². The third-order valence-corrected chi connectivity index (χ3v) is 9.33. The first-order valence-electron chi connectivity index (χ1n) is 18.3. The van der Waals surface area contributed by atoms with E-state index in [2.05, 4.69) is 13.8 Å². The van der Waals surface area contributed by atoms with Gasteiger partial charge in [0.2, 0.25) is 0 Å². The summed E-state index contributed by atoms with van der Waals surface area (Å²) in [5, 5.41) is 21.5. The van der Waals surface area contributed by atoms with Crippen molar-refractivity contribution >= 4 is 34.5 Å². The van der Waals surface area contributed by atoms with Crippen molar-refractivity contribution in [3.05, 3.63) is 0 Å². The highest BCUT2D eigenvalue weighted by Gasteiger charge is 2.44. The lowest BCUT2D eigenvalue weighted by molar-refractivity contribution is -0.0577. The number of hydrogen-bond donors (Lipinski definition) is 2. The molecule has 43 heavy (non-hydrogen) atoms. The highest BCUT2D eigenvalue weighted by atomic mass is 32.1. The largest absolute Gasteiger partial charge is 0.479 e. The number of hydrogen-bond acceptors (Lipinski definition) is 7. The molecule has 1 rings (SSSR count). The number of unbranched alkanes of at least 4 members (excludes halogenated alkanes) is 22. The zero-order chi connectivity index (χ0) is 31.4. The predicted octanol–water partition coefficient (Wildman–Crippen LogP) is 10.3. The van der Waals surface area contributed by atoms with Gasteiger partial charge in [0, 0.05) is 12.8 Å². The maximum Gasteiger partial charge on any atom is 0.160 e. The topological polar surface area (TPSA) is 68.2 Å². The van der Waals surface area contributed by atoms with Gasteiger partial charge in [-0.05, 0) is 37.3 Å². The molecule has 1 saturated heterocycles. The van der Waals surface area contributed by atoms with E-state index in [0.29, 0.717) is 22.9 Å². The lowest BCUT2D eigenvalue weighted by Gasteiger charge is -2.28. The molecule has 7 heteroatoms. The van der Waals surface area contributed by atoms with Crippen LogP contribution in [0.25, 0.3) is 0 Å². The highest BCUT2D eigenvalue weighted by Crippen LogP contribution is 2.25. The van der Waals surface area contributed by atoms with E-state index in [1.807, 2.05) is 0 Å². The second-order valence-electron chi connectivity index (χ2n) is 12.8. The SMILES string of the molecule is CCCCCCCCCCCCCCC(=S)O[C@@H]1[C@H]([C@@H](CO)OC(=S)CCCCCCCCCCCCCC)OC[C@@H]1O. The van der Waals surface area contributed by atoms with Crippen molar-refractivity contribution in [1.82, 2.24) is 0 Å². The lowest BCUT2D eigenvalue weighted by Crippen LogP contribution is -2.45. The minimum Gasteiger partial charge on any atom is -0.479 e. The quantitative estimate of drug-likeness (QED) is 0.0596. The molecule has 1 fully saturated rings. The molecule has 0 aromatic heterocycles. The van der Waals surface area contributed by atoms with Crippen molar-refractivity contribution in [3.63, 3.8) is 0 Å². The summed E-state index contributed by atoms with van der Waals surface area (Å²) in [4.78, 5) is 0.